The van der Waals surface area contributed by atoms with Gasteiger partial charge in [-0.1, -0.05) is 36.4 Å². The van der Waals surface area contributed by atoms with E-state index in [0.717, 1.165) is 42.3 Å². The van der Waals surface area contributed by atoms with Gasteiger partial charge in [-0.25, -0.2) is 8.78 Å². The van der Waals surface area contributed by atoms with Crippen LogP contribution in [0.15, 0.2) is 64.8 Å². The lowest BCUT2D eigenvalue weighted by molar-refractivity contribution is -0.125. The summed E-state index contributed by atoms with van der Waals surface area (Å²) in [5, 5.41) is 9.18. The summed E-state index contributed by atoms with van der Waals surface area (Å²) in [5.41, 5.74) is 4.14. The summed E-state index contributed by atoms with van der Waals surface area (Å²) in [6, 6.07) is 15.8. The number of hydrogen-bond donors (Lipinski definition) is 0. The molecular formula is C26H25F2N5O. The van der Waals surface area contributed by atoms with Gasteiger partial charge in [-0.2, -0.15) is 5.26 Å². The molecule has 0 spiro atoms. The van der Waals surface area contributed by atoms with Crippen molar-refractivity contribution in [3.63, 3.8) is 0 Å². The highest BCUT2D eigenvalue weighted by atomic mass is 19.3. The molecule has 0 aliphatic carbocycles. The molecule has 5 rings (SSSR count). The lowest BCUT2D eigenvalue weighted by Crippen LogP contribution is -2.53. The maximum Gasteiger partial charge on any atom is 0.270 e. The van der Waals surface area contributed by atoms with Crippen LogP contribution in [-0.2, 0) is 23.8 Å². The van der Waals surface area contributed by atoms with Crippen LogP contribution in [0.1, 0.15) is 35.6 Å². The molecule has 0 N–H and O–H groups in total. The number of nitrogens with zero attached hydrogens (tertiary/aromatic N) is 5. The number of benzene rings is 2. The van der Waals surface area contributed by atoms with Gasteiger partial charge in [0.25, 0.3) is 11.8 Å². The first-order chi connectivity index (χ1) is 16.3. The van der Waals surface area contributed by atoms with Crippen LogP contribution in [0.5, 0.6) is 0 Å². The Kier molecular flexibility index (Phi) is 5.66. The Morgan fingerprint density at radius 3 is 2.62 bits per heavy atom. The molecule has 0 unspecified atom stereocenters. The lowest BCUT2D eigenvalue weighted by Gasteiger charge is -2.40. The predicted octanol–water partition coefficient (Wildman–Crippen LogP) is 3.84. The van der Waals surface area contributed by atoms with Crippen molar-refractivity contribution >= 4 is 11.9 Å². The number of halogens is 2. The van der Waals surface area contributed by atoms with Gasteiger partial charge in [0.2, 0.25) is 5.96 Å². The molecule has 0 saturated carbocycles. The molecule has 2 aromatic carbocycles. The monoisotopic (exact) mass is 461 g/mol. The zero-order valence-corrected chi connectivity index (χ0v) is 19.0. The second kappa shape index (κ2) is 8.65. The molecule has 0 aromatic heterocycles. The largest absolute Gasteiger partial charge is 0.314 e. The Morgan fingerprint density at radius 2 is 1.88 bits per heavy atom. The van der Waals surface area contributed by atoms with E-state index in [0.29, 0.717) is 37.7 Å². The van der Waals surface area contributed by atoms with Crippen LogP contribution in [-0.4, -0.2) is 52.7 Å². The Labute approximate surface area is 197 Å². The predicted molar refractivity (Wildman–Crippen MR) is 124 cm³/mol. The molecule has 1 amide bonds. The van der Waals surface area contributed by atoms with Crippen molar-refractivity contribution in [2.75, 3.05) is 26.2 Å². The van der Waals surface area contributed by atoms with Gasteiger partial charge in [0.15, 0.2) is 0 Å². The van der Waals surface area contributed by atoms with E-state index in [2.05, 4.69) is 20.9 Å². The number of hydrogen-bond acceptors (Lipinski definition) is 5. The summed E-state index contributed by atoms with van der Waals surface area (Å²) in [5.74, 6) is -2.33. The minimum Gasteiger partial charge on any atom is -0.314 e. The van der Waals surface area contributed by atoms with Crippen molar-refractivity contribution in [3.8, 4) is 6.07 Å². The van der Waals surface area contributed by atoms with Crippen LogP contribution in [0.2, 0.25) is 0 Å². The van der Waals surface area contributed by atoms with Gasteiger partial charge in [-0.05, 0) is 29.7 Å². The van der Waals surface area contributed by atoms with Gasteiger partial charge in [-0.15, -0.1) is 0 Å². The van der Waals surface area contributed by atoms with Gasteiger partial charge in [-0.3, -0.25) is 19.6 Å². The minimum atomic E-state index is -2.90. The number of nitriles is 1. The van der Waals surface area contributed by atoms with Crippen LogP contribution in [0.3, 0.4) is 0 Å². The number of carbonyl (C=O) groups is 1. The molecule has 3 aliphatic heterocycles. The molecule has 0 bridgehead atoms. The van der Waals surface area contributed by atoms with E-state index >= 15 is 0 Å². The van der Waals surface area contributed by atoms with Crippen molar-refractivity contribution in [1.82, 2.24) is 14.7 Å². The summed E-state index contributed by atoms with van der Waals surface area (Å²) in [4.78, 5) is 24.2. The van der Waals surface area contributed by atoms with Crippen molar-refractivity contribution in [3.05, 3.63) is 82.1 Å². The summed E-state index contributed by atoms with van der Waals surface area (Å²) in [7, 11) is 0. The highest BCUT2D eigenvalue weighted by molar-refractivity contribution is 6.09. The molecule has 3 aliphatic rings. The fraction of sp³-hybridized carbons (Fsp3) is 0.346. The van der Waals surface area contributed by atoms with E-state index in [9.17, 15) is 18.8 Å². The van der Waals surface area contributed by atoms with Crippen molar-refractivity contribution in [1.29, 1.82) is 5.26 Å². The molecule has 6 nitrogen and oxygen atoms in total. The first-order valence-electron chi connectivity index (χ1n) is 11.4. The van der Waals surface area contributed by atoms with Crippen molar-refractivity contribution in [2.45, 2.75) is 32.4 Å². The topological polar surface area (TPSA) is 62.9 Å². The third-order valence-corrected chi connectivity index (χ3v) is 6.47. The fourth-order valence-corrected chi connectivity index (χ4v) is 4.79. The quantitative estimate of drug-likeness (QED) is 0.679. The standard InChI is InChI=1S/C26H25F2N5O/c1-26(27,28)21-8-6-18(7-9-21)15-33-24(34)22-16-31(14-20-5-2-4-19(12-20)13-29)17-23(22)32-11-3-10-30-25(32)33/h2,4-9,12H,3,10-11,14-17H2,1H3. The Balaban J connectivity index is 1.37. The summed E-state index contributed by atoms with van der Waals surface area (Å²) >= 11 is 0. The zero-order valence-electron chi connectivity index (χ0n) is 19.0. The highest BCUT2D eigenvalue weighted by Gasteiger charge is 2.42. The van der Waals surface area contributed by atoms with Crippen LogP contribution >= 0.6 is 0 Å². The molecular weight excluding hydrogens is 436 g/mol. The molecule has 0 saturated heterocycles. The highest BCUT2D eigenvalue weighted by Crippen LogP contribution is 2.33. The van der Waals surface area contributed by atoms with Crippen molar-refractivity contribution in [2.24, 2.45) is 4.99 Å². The van der Waals surface area contributed by atoms with E-state index in [1.165, 1.54) is 12.1 Å². The fourth-order valence-electron chi connectivity index (χ4n) is 4.79. The third kappa shape index (κ3) is 4.19. The SMILES string of the molecule is CC(F)(F)c1ccc(CN2C(=O)C3=C(CN(Cc4cccc(C#N)c4)C3)N3CCCN=C23)cc1. The van der Waals surface area contributed by atoms with Gasteiger partial charge in [0.1, 0.15) is 0 Å². The number of aliphatic imine (C=N–C) groups is 1. The van der Waals surface area contributed by atoms with Crippen LogP contribution in [0.25, 0.3) is 0 Å². The van der Waals surface area contributed by atoms with Crippen molar-refractivity contribution < 1.29 is 13.6 Å². The average molecular weight is 462 g/mol. The Morgan fingerprint density at radius 1 is 1.09 bits per heavy atom. The normalized spacial score (nSPS) is 18.5. The molecule has 0 atom stereocenters. The molecule has 34 heavy (non-hydrogen) atoms. The van der Waals surface area contributed by atoms with Crippen LogP contribution < -0.4 is 0 Å². The Hall–Kier alpha value is -3.57. The van der Waals surface area contributed by atoms with E-state index in [-0.39, 0.29) is 18.0 Å². The second-order valence-corrected chi connectivity index (χ2v) is 9.05. The maximum absolute atomic E-state index is 13.6. The van der Waals surface area contributed by atoms with E-state index < -0.39 is 5.92 Å². The third-order valence-electron chi connectivity index (χ3n) is 6.47. The summed E-state index contributed by atoms with van der Waals surface area (Å²) in [6.07, 6.45) is 0.910. The summed E-state index contributed by atoms with van der Waals surface area (Å²) < 4.78 is 27.2. The average Bonchev–Trinajstić information content (AvgIpc) is 3.26. The van der Waals surface area contributed by atoms with Crippen LogP contribution in [0, 0.1) is 11.3 Å². The number of alkyl halides is 2. The molecule has 2 aromatic rings. The smallest absolute Gasteiger partial charge is 0.270 e. The molecule has 3 heterocycles. The Bertz CT molecular complexity index is 1220. The van der Waals surface area contributed by atoms with Gasteiger partial charge in [0, 0.05) is 50.9 Å². The maximum atomic E-state index is 13.6. The zero-order chi connectivity index (χ0) is 23.9. The lowest BCUT2D eigenvalue weighted by atomic mass is 10.1. The molecule has 174 valence electrons. The summed E-state index contributed by atoms with van der Waals surface area (Å²) in [6.45, 7) is 4.41. The first kappa shape index (κ1) is 22.2. The minimum absolute atomic E-state index is 0.0465. The van der Waals surface area contributed by atoms with Gasteiger partial charge in [0.05, 0.1) is 23.8 Å². The van der Waals surface area contributed by atoms with Gasteiger partial charge < -0.3 is 4.90 Å². The second-order valence-electron chi connectivity index (χ2n) is 9.05. The molecule has 8 heteroatoms. The molecule has 0 fully saturated rings. The van der Waals surface area contributed by atoms with Gasteiger partial charge >= 0.3 is 0 Å². The van der Waals surface area contributed by atoms with Crippen LogP contribution in [0.4, 0.5) is 8.78 Å². The van der Waals surface area contributed by atoms with E-state index in [4.69, 9.17) is 0 Å². The first-order valence-corrected chi connectivity index (χ1v) is 11.4. The number of fused-ring (bicyclic) bond motifs is 2. The van der Waals surface area contributed by atoms with E-state index in [1.807, 2.05) is 18.2 Å². The molecule has 0 radical (unpaired) electrons. The number of carbonyl (C=O) groups excluding carboxylic acids is 1. The number of amides is 1. The van der Waals surface area contributed by atoms with E-state index in [1.54, 1.807) is 23.1 Å². The number of guanidine groups is 1. The number of rotatable bonds is 5.